The quantitative estimate of drug-likeness (QED) is 0.855. The Morgan fingerprint density at radius 1 is 1.07 bits per heavy atom. The van der Waals surface area contributed by atoms with Gasteiger partial charge in [-0.25, -0.2) is 8.42 Å². The molecular weight excluding hydrogens is 360 g/mol. The summed E-state index contributed by atoms with van der Waals surface area (Å²) in [6.45, 7) is 7.78. The summed E-state index contributed by atoms with van der Waals surface area (Å²) in [7, 11) is -2.92. The van der Waals surface area contributed by atoms with Crippen LogP contribution in [0.1, 0.15) is 57.6 Å². The molecular formula is C21H32N2O3S. The third-order valence-electron chi connectivity index (χ3n) is 5.94. The van der Waals surface area contributed by atoms with Crippen LogP contribution in [0.2, 0.25) is 0 Å². The largest absolute Gasteiger partial charge is 0.345 e. The van der Waals surface area contributed by atoms with Gasteiger partial charge in [0, 0.05) is 13.1 Å². The van der Waals surface area contributed by atoms with Crippen molar-refractivity contribution in [2.24, 2.45) is 0 Å². The van der Waals surface area contributed by atoms with Crippen LogP contribution in [0.3, 0.4) is 0 Å². The minimum atomic E-state index is -2.92. The van der Waals surface area contributed by atoms with Gasteiger partial charge >= 0.3 is 0 Å². The molecule has 1 saturated heterocycles. The van der Waals surface area contributed by atoms with Gasteiger partial charge < -0.3 is 5.32 Å². The average Bonchev–Trinajstić information content (AvgIpc) is 3.06. The Balaban J connectivity index is 1.69. The highest BCUT2D eigenvalue weighted by Crippen LogP contribution is 2.39. The monoisotopic (exact) mass is 392 g/mol. The van der Waals surface area contributed by atoms with Crippen molar-refractivity contribution in [2.45, 2.75) is 57.4 Å². The first-order valence-corrected chi connectivity index (χ1v) is 11.8. The SMILES string of the molecule is CC(C)(C)c1ccc(C2(NC(=O)CN3CCS(=O)(=O)CC3)CCCC2)cc1. The summed E-state index contributed by atoms with van der Waals surface area (Å²) < 4.78 is 23.1. The number of hydrogen-bond acceptors (Lipinski definition) is 4. The van der Waals surface area contributed by atoms with Gasteiger partial charge in [0.1, 0.15) is 0 Å². The van der Waals surface area contributed by atoms with E-state index in [9.17, 15) is 13.2 Å². The van der Waals surface area contributed by atoms with Crippen LogP contribution in [0, 0.1) is 0 Å². The molecule has 27 heavy (non-hydrogen) atoms. The number of nitrogens with one attached hydrogen (secondary N) is 1. The van der Waals surface area contributed by atoms with E-state index in [0.717, 1.165) is 25.7 Å². The molecule has 1 aromatic rings. The molecule has 1 heterocycles. The van der Waals surface area contributed by atoms with Crippen LogP contribution in [0.15, 0.2) is 24.3 Å². The molecule has 150 valence electrons. The van der Waals surface area contributed by atoms with E-state index in [1.807, 2.05) is 4.90 Å². The Morgan fingerprint density at radius 2 is 1.63 bits per heavy atom. The maximum Gasteiger partial charge on any atom is 0.234 e. The van der Waals surface area contributed by atoms with E-state index in [0.29, 0.717) is 13.1 Å². The fraction of sp³-hybridized carbons (Fsp3) is 0.667. The second-order valence-corrected chi connectivity index (χ2v) is 11.4. The van der Waals surface area contributed by atoms with Crippen LogP contribution in [0.25, 0.3) is 0 Å². The fourth-order valence-corrected chi connectivity index (χ4v) is 5.45. The van der Waals surface area contributed by atoms with Crippen molar-refractivity contribution in [1.82, 2.24) is 10.2 Å². The zero-order valence-corrected chi connectivity index (χ0v) is 17.6. The highest BCUT2D eigenvalue weighted by atomic mass is 32.2. The van der Waals surface area contributed by atoms with E-state index < -0.39 is 9.84 Å². The Morgan fingerprint density at radius 3 is 2.15 bits per heavy atom. The van der Waals surface area contributed by atoms with Crippen LogP contribution in [-0.4, -0.2) is 50.4 Å². The molecule has 0 bridgehead atoms. The highest BCUT2D eigenvalue weighted by Gasteiger charge is 2.37. The van der Waals surface area contributed by atoms with E-state index in [1.54, 1.807) is 0 Å². The number of rotatable bonds is 4. The van der Waals surface area contributed by atoms with Crippen LogP contribution in [0.5, 0.6) is 0 Å². The fourth-order valence-electron chi connectivity index (χ4n) is 4.17. The molecule has 1 amide bonds. The minimum absolute atomic E-state index is 0.00361. The van der Waals surface area contributed by atoms with Gasteiger partial charge in [-0.1, -0.05) is 57.9 Å². The first-order valence-electron chi connectivity index (χ1n) is 9.95. The van der Waals surface area contributed by atoms with E-state index in [4.69, 9.17) is 0 Å². The van der Waals surface area contributed by atoms with E-state index in [-0.39, 0.29) is 34.9 Å². The summed E-state index contributed by atoms with van der Waals surface area (Å²) in [5.74, 6) is 0.301. The molecule has 2 fully saturated rings. The summed E-state index contributed by atoms with van der Waals surface area (Å²) in [4.78, 5) is 14.7. The van der Waals surface area contributed by atoms with Crippen LogP contribution >= 0.6 is 0 Å². The van der Waals surface area contributed by atoms with E-state index in [1.165, 1.54) is 11.1 Å². The van der Waals surface area contributed by atoms with Crippen molar-refractivity contribution >= 4 is 15.7 Å². The first-order chi connectivity index (χ1) is 12.6. The number of carbonyl (C=O) groups excluding carboxylic acids is 1. The second-order valence-electron chi connectivity index (χ2n) is 9.09. The van der Waals surface area contributed by atoms with Crippen LogP contribution < -0.4 is 5.32 Å². The van der Waals surface area contributed by atoms with E-state index in [2.05, 4.69) is 50.4 Å². The van der Waals surface area contributed by atoms with Gasteiger partial charge in [0.15, 0.2) is 9.84 Å². The molecule has 3 rings (SSSR count). The number of carbonyl (C=O) groups is 1. The Labute approximate surface area is 163 Å². The summed E-state index contributed by atoms with van der Waals surface area (Å²) in [5.41, 5.74) is 2.30. The normalized spacial score (nSPS) is 22.5. The topological polar surface area (TPSA) is 66.5 Å². The minimum Gasteiger partial charge on any atom is -0.345 e. The molecule has 0 unspecified atom stereocenters. The number of amides is 1. The molecule has 1 saturated carbocycles. The number of nitrogens with zero attached hydrogens (tertiary/aromatic N) is 1. The van der Waals surface area contributed by atoms with Crippen molar-refractivity contribution < 1.29 is 13.2 Å². The van der Waals surface area contributed by atoms with Crippen molar-refractivity contribution in [1.29, 1.82) is 0 Å². The highest BCUT2D eigenvalue weighted by molar-refractivity contribution is 7.91. The summed E-state index contributed by atoms with van der Waals surface area (Å²) in [5, 5.41) is 3.30. The Kier molecular flexibility index (Phi) is 5.69. The molecule has 0 aromatic heterocycles. The van der Waals surface area contributed by atoms with Crippen molar-refractivity contribution in [3.05, 3.63) is 35.4 Å². The number of benzene rings is 1. The Hall–Kier alpha value is -1.40. The molecule has 2 aliphatic rings. The molecule has 6 heteroatoms. The van der Waals surface area contributed by atoms with Gasteiger partial charge in [0.25, 0.3) is 0 Å². The lowest BCUT2D eigenvalue weighted by Crippen LogP contribution is -2.50. The lowest BCUT2D eigenvalue weighted by atomic mass is 9.83. The molecule has 5 nitrogen and oxygen atoms in total. The van der Waals surface area contributed by atoms with Gasteiger partial charge in [-0.05, 0) is 29.4 Å². The Bertz CT molecular complexity index is 759. The van der Waals surface area contributed by atoms with Gasteiger partial charge in [0.05, 0.1) is 23.6 Å². The number of hydrogen-bond donors (Lipinski definition) is 1. The number of sulfone groups is 1. The van der Waals surface area contributed by atoms with Crippen LogP contribution in [0.4, 0.5) is 0 Å². The molecule has 0 radical (unpaired) electrons. The summed E-state index contributed by atoms with van der Waals surface area (Å²) in [6.07, 6.45) is 4.15. The summed E-state index contributed by atoms with van der Waals surface area (Å²) in [6, 6.07) is 8.69. The molecule has 1 aliphatic carbocycles. The van der Waals surface area contributed by atoms with E-state index >= 15 is 0 Å². The zero-order valence-electron chi connectivity index (χ0n) is 16.8. The van der Waals surface area contributed by atoms with Crippen LogP contribution in [-0.2, 0) is 25.6 Å². The second kappa shape index (κ2) is 7.55. The zero-order chi connectivity index (χ0) is 19.7. The summed E-state index contributed by atoms with van der Waals surface area (Å²) >= 11 is 0. The van der Waals surface area contributed by atoms with Gasteiger partial charge in [-0.15, -0.1) is 0 Å². The smallest absolute Gasteiger partial charge is 0.234 e. The lowest BCUT2D eigenvalue weighted by Gasteiger charge is -2.33. The third-order valence-corrected chi connectivity index (χ3v) is 7.55. The predicted octanol–water partition coefficient (Wildman–Crippen LogP) is 2.60. The first kappa shape index (κ1) is 20.3. The lowest BCUT2D eigenvalue weighted by molar-refractivity contribution is -0.124. The molecule has 1 aliphatic heterocycles. The molecule has 0 atom stereocenters. The molecule has 0 spiro atoms. The van der Waals surface area contributed by atoms with Crippen molar-refractivity contribution in [3.63, 3.8) is 0 Å². The van der Waals surface area contributed by atoms with Crippen molar-refractivity contribution in [2.75, 3.05) is 31.1 Å². The standard InChI is InChI=1S/C21H32N2O3S/c1-20(2,3)17-6-8-18(9-7-17)21(10-4-5-11-21)22-19(24)16-23-12-14-27(25,26)15-13-23/h6-9H,4-5,10-16H2,1-3H3,(H,22,24). The van der Waals surface area contributed by atoms with Gasteiger partial charge in [-0.3, -0.25) is 9.69 Å². The van der Waals surface area contributed by atoms with Gasteiger partial charge in [0.2, 0.25) is 5.91 Å². The predicted molar refractivity (Wildman–Crippen MR) is 109 cm³/mol. The molecule has 1 aromatic carbocycles. The van der Waals surface area contributed by atoms with Gasteiger partial charge in [-0.2, -0.15) is 0 Å². The maximum absolute atomic E-state index is 12.7. The molecule has 1 N–H and O–H groups in total. The maximum atomic E-state index is 12.7. The van der Waals surface area contributed by atoms with Crippen molar-refractivity contribution in [3.8, 4) is 0 Å². The third kappa shape index (κ3) is 4.91. The average molecular weight is 393 g/mol.